The highest BCUT2D eigenvalue weighted by atomic mass is 79.9. The van der Waals surface area contributed by atoms with Gasteiger partial charge in [0.2, 0.25) is 0 Å². The summed E-state index contributed by atoms with van der Waals surface area (Å²) in [5.41, 5.74) is 0.763. The molecule has 0 aliphatic heterocycles. The number of esters is 1. The SMILES string of the molecule is CCOC(=O)Cc1cc(Br)c(OC)cc1OC. The first-order chi connectivity index (χ1) is 8.12. The number of ether oxygens (including phenoxy) is 3. The van der Waals surface area contributed by atoms with Gasteiger partial charge in [0.05, 0.1) is 31.7 Å². The molecule has 0 aromatic heterocycles. The van der Waals surface area contributed by atoms with E-state index in [4.69, 9.17) is 14.2 Å². The molecule has 0 spiro atoms. The molecule has 0 N–H and O–H groups in total. The molecule has 1 rings (SSSR count). The van der Waals surface area contributed by atoms with E-state index in [0.717, 1.165) is 10.0 Å². The van der Waals surface area contributed by atoms with Gasteiger partial charge in [-0.1, -0.05) is 0 Å². The summed E-state index contributed by atoms with van der Waals surface area (Å²) in [7, 11) is 3.13. The van der Waals surface area contributed by atoms with Gasteiger partial charge in [0.1, 0.15) is 11.5 Å². The first-order valence-corrected chi connectivity index (χ1v) is 5.97. The second-order valence-electron chi connectivity index (χ2n) is 3.28. The van der Waals surface area contributed by atoms with E-state index < -0.39 is 0 Å². The summed E-state index contributed by atoms with van der Waals surface area (Å²) in [5.74, 6) is 0.996. The fourth-order valence-corrected chi connectivity index (χ4v) is 1.98. The monoisotopic (exact) mass is 302 g/mol. The molecule has 4 nitrogen and oxygen atoms in total. The highest BCUT2D eigenvalue weighted by Crippen LogP contribution is 2.33. The molecule has 0 radical (unpaired) electrons. The highest BCUT2D eigenvalue weighted by molar-refractivity contribution is 9.10. The minimum Gasteiger partial charge on any atom is -0.496 e. The number of carbonyl (C=O) groups is 1. The summed E-state index contributed by atoms with van der Waals surface area (Å²) in [5, 5.41) is 0. The van der Waals surface area contributed by atoms with Crippen LogP contribution in [-0.4, -0.2) is 26.8 Å². The number of hydrogen-bond acceptors (Lipinski definition) is 4. The number of methoxy groups -OCH3 is 2. The van der Waals surface area contributed by atoms with E-state index in [2.05, 4.69) is 15.9 Å². The van der Waals surface area contributed by atoms with Crippen molar-refractivity contribution >= 4 is 21.9 Å². The summed E-state index contributed by atoms with van der Waals surface area (Å²) in [6, 6.07) is 3.53. The molecule has 0 aliphatic carbocycles. The molecule has 0 heterocycles. The molecule has 0 amide bonds. The van der Waals surface area contributed by atoms with Gasteiger partial charge < -0.3 is 14.2 Å². The lowest BCUT2D eigenvalue weighted by atomic mass is 10.1. The Morgan fingerprint density at radius 3 is 2.41 bits per heavy atom. The molecule has 1 aromatic rings. The van der Waals surface area contributed by atoms with Crippen molar-refractivity contribution in [2.45, 2.75) is 13.3 Å². The van der Waals surface area contributed by atoms with Crippen LogP contribution in [0.4, 0.5) is 0 Å². The molecule has 17 heavy (non-hydrogen) atoms. The van der Waals surface area contributed by atoms with Gasteiger partial charge >= 0.3 is 5.97 Å². The zero-order valence-corrected chi connectivity index (χ0v) is 11.7. The van der Waals surface area contributed by atoms with Crippen molar-refractivity contribution in [3.8, 4) is 11.5 Å². The molecule has 1 aromatic carbocycles. The van der Waals surface area contributed by atoms with E-state index in [9.17, 15) is 4.79 Å². The van der Waals surface area contributed by atoms with Gasteiger partial charge in [-0.3, -0.25) is 4.79 Å². The van der Waals surface area contributed by atoms with Crippen LogP contribution in [0.3, 0.4) is 0 Å². The van der Waals surface area contributed by atoms with E-state index in [0.29, 0.717) is 18.1 Å². The molecule has 0 fully saturated rings. The number of hydrogen-bond donors (Lipinski definition) is 0. The second kappa shape index (κ2) is 6.49. The first-order valence-electron chi connectivity index (χ1n) is 5.18. The Morgan fingerprint density at radius 2 is 1.88 bits per heavy atom. The number of benzene rings is 1. The normalized spacial score (nSPS) is 9.88. The fourth-order valence-electron chi connectivity index (χ4n) is 1.43. The maximum absolute atomic E-state index is 11.4. The predicted molar refractivity (Wildman–Crippen MR) is 67.6 cm³/mol. The van der Waals surface area contributed by atoms with Crippen LogP contribution in [0.25, 0.3) is 0 Å². The Kier molecular flexibility index (Phi) is 5.28. The zero-order chi connectivity index (χ0) is 12.8. The van der Waals surface area contributed by atoms with Gasteiger partial charge in [-0.05, 0) is 28.9 Å². The minimum absolute atomic E-state index is 0.180. The van der Waals surface area contributed by atoms with E-state index in [1.807, 2.05) is 0 Å². The molecule has 5 heteroatoms. The summed E-state index contributed by atoms with van der Waals surface area (Å²) < 4.78 is 16.0. The van der Waals surface area contributed by atoms with Crippen LogP contribution in [0.2, 0.25) is 0 Å². The van der Waals surface area contributed by atoms with Crippen LogP contribution >= 0.6 is 15.9 Å². The van der Waals surface area contributed by atoms with Gasteiger partial charge in [-0.2, -0.15) is 0 Å². The van der Waals surface area contributed by atoms with Crippen molar-refractivity contribution < 1.29 is 19.0 Å². The Bertz CT molecular complexity index is 404. The molecule has 0 saturated heterocycles. The molecule has 0 bridgehead atoms. The van der Waals surface area contributed by atoms with E-state index in [1.54, 1.807) is 33.3 Å². The second-order valence-corrected chi connectivity index (χ2v) is 4.13. The smallest absolute Gasteiger partial charge is 0.310 e. The number of rotatable bonds is 5. The molecular weight excluding hydrogens is 288 g/mol. The van der Waals surface area contributed by atoms with E-state index in [-0.39, 0.29) is 12.4 Å². The largest absolute Gasteiger partial charge is 0.496 e. The average Bonchev–Trinajstić information content (AvgIpc) is 2.29. The molecular formula is C12H15BrO4. The quantitative estimate of drug-likeness (QED) is 0.784. The zero-order valence-electron chi connectivity index (χ0n) is 10.1. The maximum atomic E-state index is 11.4. The summed E-state index contributed by atoms with van der Waals surface area (Å²) in [6.45, 7) is 2.15. The third-order valence-electron chi connectivity index (χ3n) is 2.19. The topological polar surface area (TPSA) is 44.8 Å². The lowest BCUT2D eigenvalue weighted by molar-refractivity contribution is -0.142. The van der Waals surface area contributed by atoms with Crippen molar-refractivity contribution in [2.24, 2.45) is 0 Å². The molecule has 0 aliphatic rings. The standard InChI is InChI=1S/C12H15BrO4/c1-4-17-12(14)6-8-5-9(13)11(16-3)7-10(8)15-2/h5,7H,4,6H2,1-3H3. The van der Waals surface area contributed by atoms with Crippen LogP contribution in [-0.2, 0) is 16.0 Å². The first kappa shape index (κ1) is 13.8. The van der Waals surface area contributed by atoms with Crippen molar-refractivity contribution in [3.05, 3.63) is 22.2 Å². The molecule has 94 valence electrons. The Labute approximate surface area is 109 Å². The van der Waals surface area contributed by atoms with Crippen LogP contribution in [0.5, 0.6) is 11.5 Å². The van der Waals surface area contributed by atoms with Crippen molar-refractivity contribution in [1.82, 2.24) is 0 Å². The van der Waals surface area contributed by atoms with Gasteiger partial charge in [0.15, 0.2) is 0 Å². The Balaban J connectivity index is 2.98. The molecule has 0 atom stereocenters. The van der Waals surface area contributed by atoms with Crippen LogP contribution in [0, 0.1) is 0 Å². The molecule has 0 saturated carbocycles. The van der Waals surface area contributed by atoms with E-state index in [1.165, 1.54) is 0 Å². The maximum Gasteiger partial charge on any atom is 0.310 e. The van der Waals surface area contributed by atoms with Crippen LogP contribution in [0.1, 0.15) is 12.5 Å². The minimum atomic E-state index is -0.275. The highest BCUT2D eigenvalue weighted by Gasteiger charge is 2.13. The predicted octanol–water partition coefficient (Wildman–Crippen LogP) is 2.57. The van der Waals surface area contributed by atoms with Crippen LogP contribution in [0.15, 0.2) is 16.6 Å². The van der Waals surface area contributed by atoms with Crippen LogP contribution < -0.4 is 9.47 Å². The van der Waals surface area contributed by atoms with Crippen molar-refractivity contribution in [2.75, 3.05) is 20.8 Å². The van der Waals surface area contributed by atoms with Crippen molar-refractivity contribution in [1.29, 1.82) is 0 Å². The number of carbonyl (C=O) groups excluding carboxylic acids is 1. The fraction of sp³-hybridized carbons (Fsp3) is 0.417. The lowest BCUT2D eigenvalue weighted by Crippen LogP contribution is -2.08. The van der Waals surface area contributed by atoms with Gasteiger partial charge in [0.25, 0.3) is 0 Å². The van der Waals surface area contributed by atoms with Gasteiger partial charge in [-0.25, -0.2) is 0 Å². The summed E-state index contributed by atoms with van der Waals surface area (Å²) in [6.07, 6.45) is 0.180. The van der Waals surface area contributed by atoms with E-state index >= 15 is 0 Å². The van der Waals surface area contributed by atoms with Gasteiger partial charge in [-0.15, -0.1) is 0 Å². The van der Waals surface area contributed by atoms with Gasteiger partial charge in [0, 0.05) is 11.6 Å². The van der Waals surface area contributed by atoms with Crippen molar-refractivity contribution in [3.63, 3.8) is 0 Å². The average molecular weight is 303 g/mol. The molecule has 0 unspecified atom stereocenters. The lowest BCUT2D eigenvalue weighted by Gasteiger charge is -2.11. The Morgan fingerprint density at radius 1 is 1.24 bits per heavy atom. The third-order valence-corrected chi connectivity index (χ3v) is 2.81. The summed E-state index contributed by atoms with van der Waals surface area (Å²) >= 11 is 3.37. The number of halogens is 1. The third kappa shape index (κ3) is 3.63. The Hall–Kier alpha value is -1.23. The summed E-state index contributed by atoms with van der Waals surface area (Å²) in [4.78, 5) is 11.4.